The zero-order chi connectivity index (χ0) is 14.5. The van der Waals surface area contributed by atoms with Crippen molar-refractivity contribution in [1.82, 2.24) is 0 Å². The molecule has 4 nitrogen and oxygen atoms in total. The second kappa shape index (κ2) is 6.63. The minimum atomic E-state index is -0.335. The van der Waals surface area contributed by atoms with Gasteiger partial charge >= 0.3 is 6.03 Å². The average Bonchev–Trinajstić information content (AvgIpc) is 2.43. The van der Waals surface area contributed by atoms with E-state index in [0.717, 1.165) is 10.2 Å². The van der Waals surface area contributed by atoms with E-state index in [1.165, 1.54) is 0 Å². The number of rotatable bonds is 3. The Kier molecular flexibility index (Phi) is 4.87. The number of halogens is 2. The number of methoxy groups -OCH3 is 1. The van der Waals surface area contributed by atoms with Gasteiger partial charge in [0.1, 0.15) is 5.75 Å². The number of hydrogen-bond acceptors (Lipinski definition) is 2. The molecule has 0 aromatic heterocycles. The van der Waals surface area contributed by atoms with Gasteiger partial charge in [-0.05, 0) is 58.4 Å². The minimum absolute atomic E-state index is 0.335. The Balaban J connectivity index is 2.01. The maximum atomic E-state index is 11.9. The highest BCUT2D eigenvalue weighted by Crippen LogP contribution is 2.26. The van der Waals surface area contributed by atoms with Crippen molar-refractivity contribution in [2.45, 2.75) is 0 Å². The number of nitrogens with one attached hydrogen (secondary N) is 2. The largest absolute Gasteiger partial charge is 0.497 e. The molecule has 0 saturated carbocycles. The summed E-state index contributed by atoms with van der Waals surface area (Å²) in [4.78, 5) is 11.9. The second-order valence-electron chi connectivity index (χ2n) is 3.93. The van der Waals surface area contributed by atoms with Crippen LogP contribution in [-0.2, 0) is 0 Å². The molecule has 0 saturated heterocycles. The molecule has 0 unspecified atom stereocenters. The molecule has 0 bridgehead atoms. The predicted molar refractivity (Wildman–Crippen MR) is 84.8 cm³/mol. The van der Waals surface area contributed by atoms with Gasteiger partial charge in [0.05, 0.1) is 12.8 Å². The van der Waals surface area contributed by atoms with Gasteiger partial charge in [-0.3, -0.25) is 0 Å². The number of ether oxygens (including phenoxy) is 1. The lowest BCUT2D eigenvalue weighted by Gasteiger charge is -2.09. The van der Waals surface area contributed by atoms with Crippen LogP contribution in [0.5, 0.6) is 5.75 Å². The van der Waals surface area contributed by atoms with Crippen LogP contribution in [0.15, 0.2) is 46.9 Å². The Labute approximate surface area is 130 Å². The first kappa shape index (κ1) is 14.7. The number of amides is 2. The second-order valence-corrected chi connectivity index (χ2v) is 5.22. The van der Waals surface area contributed by atoms with Gasteiger partial charge in [0.25, 0.3) is 0 Å². The van der Waals surface area contributed by atoms with Gasteiger partial charge < -0.3 is 15.4 Å². The van der Waals surface area contributed by atoms with Crippen LogP contribution in [-0.4, -0.2) is 13.1 Å². The monoisotopic (exact) mass is 354 g/mol. The van der Waals surface area contributed by atoms with Crippen molar-refractivity contribution in [2.75, 3.05) is 17.7 Å². The lowest BCUT2D eigenvalue weighted by atomic mass is 10.3. The van der Waals surface area contributed by atoms with Crippen LogP contribution in [0.2, 0.25) is 5.02 Å². The van der Waals surface area contributed by atoms with E-state index in [1.807, 2.05) is 0 Å². The molecule has 0 spiro atoms. The molecule has 2 amide bonds. The van der Waals surface area contributed by atoms with E-state index in [0.29, 0.717) is 16.4 Å². The molecular weight excluding hydrogens is 344 g/mol. The van der Waals surface area contributed by atoms with Crippen LogP contribution in [0.25, 0.3) is 0 Å². The standard InChI is InChI=1S/C14H12BrClN2O2/c1-20-11-5-3-10(4-6-11)17-14(19)18-13-7-2-9(16)8-12(13)15/h2-8H,1H3,(H2,17,18,19). The molecule has 0 aliphatic rings. The number of anilines is 2. The smallest absolute Gasteiger partial charge is 0.323 e. The van der Waals surface area contributed by atoms with Crippen LogP contribution in [0.4, 0.5) is 16.2 Å². The van der Waals surface area contributed by atoms with Gasteiger partial charge in [0, 0.05) is 15.2 Å². The fraction of sp³-hybridized carbons (Fsp3) is 0.0714. The summed E-state index contributed by atoms with van der Waals surface area (Å²) in [5.41, 5.74) is 1.31. The molecule has 104 valence electrons. The molecule has 2 aromatic carbocycles. The number of hydrogen-bond donors (Lipinski definition) is 2. The van der Waals surface area contributed by atoms with Crippen molar-refractivity contribution in [3.63, 3.8) is 0 Å². The lowest BCUT2D eigenvalue weighted by Crippen LogP contribution is -2.19. The molecule has 0 atom stereocenters. The van der Waals surface area contributed by atoms with Crippen molar-refractivity contribution in [1.29, 1.82) is 0 Å². The van der Waals surface area contributed by atoms with Crippen LogP contribution >= 0.6 is 27.5 Å². The molecule has 2 rings (SSSR count). The van der Waals surface area contributed by atoms with E-state index in [-0.39, 0.29) is 6.03 Å². The number of benzene rings is 2. The molecule has 0 aliphatic heterocycles. The van der Waals surface area contributed by atoms with Crippen molar-refractivity contribution in [2.24, 2.45) is 0 Å². The Morgan fingerprint density at radius 2 is 1.85 bits per heavy atom. The van der Waals surface area contributed by atoms with Gasteiger partial charge in [-0.15, -0.1) is 0 Å². The zero-order valence-electron chi connectivity index (χ0n) is 10.6. The summed E-state index contributed by atoms with van der Waals surface area (Å²) in [6.07, 6.45) is 0. The van der Waals surface area contributed by atoms with E-state index in [1.54, 1.807) is 49.6 Å². The first-order valence-corrected chi connectivity index (χ1v) is 6.92. The van der Waals surface area contributed by atoms with Gasteiger partial charge in [-0.1, -0.05) is 11.6 Å². The van der Waals surface area contributed by atoms with Gasteiger partial charge in [0.15, 0.2) is 0 Å². The van der Waals surface area contributed by atoms with E-state index in [9.17, 15) is 4.79 Å². The fourth-order valence-electron chi connectivity index (χ4n) is 1.55. The summed E-state index contributed by atoms with van der Waals surface area (Å²) in [7, 11) is 1.59. The lowest BCUT2D eigenvalue weighted by molar-refractivity contribution is 0.262. The summed E-state index contributed by atoms with van der Waals surface area (Å²) in [5, 5.41) is 6.05. The van der Waals surface area contributed by atoms with Crippen LogP contribution in [0, 0.1) is 0 Å². The third-order valence-electron chi connectivity index (χ3n) is 2.53. The maximum absolute atomic E-state index is 11.9. The Bertz CT molecular complexity index is 617. The molecule has 20 heavy (non-hydrogen) atoms. The van der Waals surface area contributed by atoms with Crippen molar-refractivity contribution < 1.29 is 9.53 Å². The molecule has 6 heteroatoms. The molecule has 0 heterocycles. The summed E-state index contributed by atoms with van der Waals surface area (Å²) in [5.74, 6) is 0.733. The Morgan fingerprint density at radius 3 is 2.45 bits per heavy atom. The summed E-state index contributed by atoms with van der Waals surface area (Å²) >= 11 is 9.18. The van der Waals surface area contributed by atoms with Gasteiger partial charge in [-0.2, -0.15) is 0 Å². The predicted octanol–water partition coefficient (Wildman–Crippen LogP) is 4.76. The van der Waals surface area contributed by atoms with Crippen LogP contribution < -0.4 is 15.4 Å². The highest BCUT2D eigenvalue weighted by Gasteiger charge is 2.06. The topological polar surface area (TPSA) is 50.4 Å². The molecule has 2 N–H and O–H groups in total. The van der Waals surface area contributed by atoms with Crippen molar-refractivity contribution in [3.05, 3.63) is 52.0 Å². The van der Waals surface area contributed by atoms with Crippen molar-refractivity contribution in [3.8, 4) is 5.75 Å². The maximum Gasteiger partial charge on any atom is 0.323 e. The first-order valence-electron chi connectivity index (χ1n) is 5.75. The number of carbonyl (C=O) groups excluding carboxylic acids is 1. The quantitative estimate of drug-likeness (QED) is 0.834. The van der Waals surface area contributed by atoms with Gasteiger partial charge in [-0.25, -0.2) is 4.79 Å². The van der Waals surface area contributed by atoms with Crippen LogP contribution in [0.3, 0.4) is 0 Å². The molecule has 0 aliphatic carbocycles. The highest BCUT2D eigenvalue weighted by molar-refractivity contribution is 9.10. The summed E-state index contributed by atoms with van der Waals surface area (Å²) < 4.78 is 5.77. The molecular formula is C14H12BrClN2O2. The third-order valence-corrected chi connectivity index (χ3v) is 3.42. The highest BCUT2D eigenvalue weighted by atomic mass is 79.9. The number of carbonyl (C=O) groups is 1. The SMILES string of the molecule is COc1ccc(NC(=O)Nc2ccc(Cl)cc2Br)cc1. The molecule has 2 aromatic rings. The molecule has 0 fully saturated rings. The Morgan fingerprint density at radius 1 is 1.15 bits per heavy atom. The van der Waals surface area contributed by atoms with E-state index in [2.05, 4.69) is 26.6 Å². The van der Waals surface area contributed by atoms with E-state index in [4.69, 9.17) is 16.3 Å². The number of urea groups is 1. The average molecular weight is 356 g/mol. The first-order chi connectivity index (χ1) is 9.58. The third kappa shape index (κ3) is 3.88. The minimum Gasteiger partial charge on any atom is -0.497 e. The van der Waals surface area contributed by atoms with E-state index < -0.39 is 0 Å². The fourth-order valence-corrected chi connectivity index (χ4v) is 2.33. The molecule has 0 radical (unpaired) electrons. The van der Waals surface area contributed by atoms with E-state index >= 15 is 0 Å². The normalized spacial score (nSPS) is 9.95. The summed E-state index contributed by atoms with van der Waals surface area (Å²) in [6, 6.07) is 11.9. The Hall–Kier alpha value is -1.72. The van der Waals surface area contributed by atoms with Crippen LogP contribution in [0.1, 0.15) is 0 Å². The van der Waals surface area contributed by atoms with Crippen molar-refractivity contribution >= 4 is 44.9 Å². The van der Waals surface area contributed by atoms with Gasteiger partial charge in [0.2, 0.25) is 0 Å². The zero-order valence-corrected chi connectivity index (χ0v) is 13.0. The summed E-state index contributed by atoms with van der Waals surface area (Å²) in [6.45, 7) is 0.